The van der Waals surface area contributed by atoms with E-state index in [0.717, 1.165) is 11.7 Å². The summed E-state index contributed by atoms with van der Waals surface area (Å²) in [5.74, 6) is 0.284. The van der Waals surface area contributed by atoms with Gasteiger partial charge in [-0.1, -0.05) is 6.07 Å². The first-order valence-corrected chi connectivity index (χ1v) is 15.7. The van der Waals surface area contributed by atoms with E-state index in [4.69, 9.17) is 18.9 Å². The van der Waals surface area contributed by atoms with Crippen LogP contribution >= 0.6 is 11.7 Å². The molecule has 4 rings (SSSR count). The number of nitrogens with zero attached hydrogens (tertiary/aromatic N) is 2. The fourth-order valence-electron chi connectivity index (χ4n) is 4.75. The molecule has 4 aromatic rings. The highest BCUT2D eigenvalue weighted by Crippen LogP contribution is 2.42. The van der Waals surface area contributed by atoms with Gasteiger partial charge in [0.15, 0.2) is 17.3 Å². The molecule has 0 radical (unpaired) electrons. The van der Waals surface area contributed by atoms with Crippen molar-refractivity contribution >= 4 is 40.1 Å². The summed E-state index contributed by atoms with van der Waals surface area (Å²) < 4.78 is 32.7. The smallest absolute Gasteiger partial charge is 0.336 e. The third-order valence-electron chi connectivity index (χ3n) is 6.36. The van der Waals surface area contributed by atoms with E-state index in [9.17, 15) is 14.7 Å². The van der Waals surface area contributed by atoms with Gasteiger partial charge >= 0.3 is 5.97 Å². The maximum Gasteiger partial charge on any atom is 0.336 e. The van der Waals surface area contributed by atoms with Crippen molar-refractivity contribution in [1.29, 1.82) is 0 Å². The highest BCUT2D eigenvalue weighted by molar-refractivity contribution is 7.00. The molecule has 0 unspecified atom stereocenters. The van der Waals surface area contributed by atoms with Gasteiger partial charge in [0.25, 0.3) is 0 Å². The number of hydrogen-bond acceptors (Lipinski definition) is 9. The van der Waals surface area contributed by atoms with Crippen molar-refractivity contribution in [3.05, 3.63) is 76.9 Å². The number of carboxylic acid groups (broad SMARTS) is 1. The molecular weight excluding hydrogens is 592 g/mol. The van der Waals surface area contributed by atoms with Crippen molar-refractivity contribution in [3.63, 3.8) is 0 Å². The quantitative estimate of drug-likeness (QED) is 0.110. The minimum atomic E-state index is -1.24. The molecule has 3 aromatic carbocycles. The average Bonchev–Trinajstić information content (AvgIpc) is 3.41. The number of benzene rings is 3. The number of carbonyl (C=O) groups is 2. The van der Waals surface area contributed by atoms with Gasteiger partial charge in [0.05, 0.1) is 41.7 Å². The lowest BCUT2D eigenvalue weighted by Gasteiger charge is -2.23. The van der Waals surface area contributed by atoms with Crippen LogP contribution in [0.4, 0.5) is 0 Å². The Hall–Kier alpha value is -4.44. The molecule has 1 aromatic heterocycles. The Labute approximate surface area is 268 Å². The van der Waals surface area contributed by atoms with Crippen molar-refractivity contribution in [2.45, 2.75) is 86.2 Å². The lowest BCUT2D eigenvalue weighted by molar-refractivity contribution is -0.130. The molecule has 0 aliphatic carbocycles. The molecule has 1 heterocycles. The van der Waals surface area contributed by atoms with E-state index >= 15 is 0 Å². The standard InChI is InChI=1S/C35H40N2O7S/c1-19(2)41-26-12-9-24(10-13-26)33(38)27(32(35(39)40)25-11-14-28-29(18-25)37-45-36-28)15-23-16-30(42-20(3)4)34(44-22(7)8)31(17-23)43-21(5)6/h9-14,16-22H,15H2,1-8H3,(H,39,40). The normalized spacial score (nSPS) is 12.2. The van der Waals surface area contributed by atoms with Crippen LogP contribution < -0.4 is 18.9 Å². The van der Waals surface area contributed by atoms with E-state index in [2.05, 4.69) is 8.75 Å². The molecule has 9 nitrogen and oxygen atoms in total. The summed E-state index contributed by atoms with van der Waals surface area (Å²) in [6.07, 6.45) is -0.588. The number of carbonyl (C=O) groups excluding carboxylic acids is 1. The van der Waals surface area contributed by atoms with Crippen molar-refractivity contribution in [2.24, 2.45) is 0 Å². The van der Waals surface area contributed by atoms with Gasteiger partial charge < -0.3 is 24.1 Å². The summed E-state index contributed by atoms with van der Waals surface area (Å²) in [7, 11) is 0. The van der Waals surface area contributed by atoms with Crippen molar-refractivity contribution < 1.29 is 33.6 Å². The molecule has 0 fully saturated rings. The van der Waals surface area contributed by atoms with Gasteiger partial charge in [-0.2, -0.15) is 8.75 Å². The molecule has 10 heteroatoms. The summed E-state index contributed by atoms with van der Waals surface area (Å²) >= 11 is 1.04. The maximum absolute atomic E-state index is 14.3. The first kappa shape index (κ1) is 33.5. The number of aromatic nitrogens is 2. The SMILES string of the molecule is CC(C)Oc1ccc(C(=O)C(Cc2cc(OC(C)C)c(OC(C)C)c(OC(C)C)c2)=C(C(=O)O)c2ccc3nsnc3c2)cc1. The Kier molecular flexibility index (Phi) is 10.8. The van der Waals surface area contributed by atoms with E-state index < -0.39 is 11.8 Å². The molecule has 45 heavy (non-hydrogen) atoms. The van der Waals surface area contributed by atoms with Crippen LogP contribution in [0.25, 0.3) is 16.6 Å². The summed E-state index contributed by atoms with van der Waals surface area (Å²) in [6.45, 7) is 15.3. The van der Waals surface area contributed by atoms with Gasteiger partial charge in [0, 0.05) is 17.6 Å². The molecular formula is C35H40N2O7S. The largest absolute Gasteiger partial charge is 0.491 e. The zero-order chi connectivity index (χ0) is 32.8. The first-order valence-electron chi connectivity index (χ1n) is 15.0. The summed E-state index contributed by atoms with van der Waals surface area (Å²) in [4.78, 5) is 27.3. The molecule has 0 amide bonds. The number of allylic oxidation sites excluding steroid dienone is 1. The maximum atomic E-state index is 14.3. The van der Waals surface area contributed by atoms with Gasteiger partial charge in [-0.05, 0) is 115 Å². The van der Waals surface area contributed by atoms with Crippen LogP contribution in [0.2, 0.25) is 0 Å². The second-order valence-corrected chi connectivity index (χ2v) is 12.3. The number of carboxylic acids is 1. The fraction of sp³-hybridized carbons (Fsp3) is 0.371. The Balaban J connectivity index is 1.93. The second-order valence-electron chi connectivity index (χ2n) is 11.7. The number of Topliss-reactive ketones (excluding diaryl/α,β-unsaturated/α-hetero) is 1. The van der Waals surface area contributed by atoms with Crippen molar-refractivity contribution in [3.8, 4) is 23.0 Å². The third kappa shape index (κ3) is 8.60. The molecule has 0 saturated carbocycles. The van der Waals surface area contributed by atoms with Crippen LogP contribution in [-0.4, -0.2) is 50.0 Å². The van der Waals surface area contributed by atoms with Crippen LogP contribution in [0.1, 0.15) is 76.9 Å². The Morgan fingerprint density at radius 3 is 1.76 bits per heavy atom. The van der Waals surface area contributed by atoms with E-state index in [1.54, 1.807) is 54.6 Å². The number of aliphatic carboxylic acids is 1. The van der Waals surface area contributed by atoms with Gasteiger partial charge in [0.2, 0.25) is 5.75 Å². The number of fused-ring (bicyclic) bond motifs is 1. The van der Waals surface area contributed by atoms with Gasteiger partial charge in [-0.15, -0.1) is 0 Å². The number of ketones is 1. The summed E-state index contributed by atoms with van der Waals surface area (Å²) in [5, 5.41) is 10.6. The van der Waals surface area contributed by atoms with Crippen LogP contribution in [0.3, 0.4) is 0 Å². The van der Waals surface area contributed by atoms with Crippen LogP contribution in [-0.2, 0) is 11.2 Å². The molecule has 1 N–H and O–H groups in total. The number of hydrogen-bond donors (Lipinski definition) is 1. The molecule has 0 atom stereocenters. The summed E-state index contributed by atoms with van der Waals surface area (Å²) in [5.41, 5.74) is 2.46. The van der Waals surface area contributed by atoms with Gasteiger partial charge in [0.1, 0.15) is 16.8 Å². The minimum absolute atomic E-state index is 0.0249. The Bertz CT molecular complexity index is 1660. The zero-order valence-electron chi connectivity index (χ0n) is 26.9. The highest BCUT2D eigenvalue weighted by Gasteiger charge is 2.26. The summed E-state index contributed by atoms with van der Waals surface area (Å²) in [6, 6.07) is 15.3. The number of rotatable bonds is 14. The second kappa shape index (κ2) is 14.6. The monoisotopic (exact) mass is 632 g/mol. The molecule has 0 spiro atoms. The Morgan fingerprint density at radius 1 is 0.689 bits per heavy atom. The number of ether oxygens (including phenoxy) is 4. The van der Waals surface area contributed by atoms with E-state index in [-0.39, 0.29) is 42.0 Å². The predicted octanol–water partition coefficient (Wildman–Crippen LogP) is 7.80. The lowest BCUT2D eigenvalue weighted by Crippen LogP contribution is -2.16. The average molecular weight is 633 g/mol. The van der Waals surface area contributed by atoms with E-state index in [0.29, 0.717) is 50.7 Å². The van der Waals surface area contributed by atoms with E-state index in [1.165, 1.54) is 0 Å². The molecule has 0 aliphatic heterocycles. The minimum Gasteiger partial charge on any atom is -0.491 e. The van der Waals surface area contributed by atoms with Gasteiger partial charge in [-0.25, -0.2) is 4.79 Å². The molecule has 0 saturated heterocycles. The van der Waals surface area contributed by atoms with Crippen molar-refractivity contribution in [2.75, 3.05) is 0 Å². The zero-order valence-corrected chi connectivity index (χ0v) is 27.7. The first-order chi connectivity index (χ1) is 21.3. The van der Waals surface area contributed by atoms with Crippen LogP contribution in [0, 0.1) is 0 Å². The third-order valence-corrected chi connectivity index (χ3v) is 6.92. The van der Waals surface area contributed by atoms with Gasteiger partial charge in [-0.3, -0.25) is 4.79 Å². The van der Waals surface area contributed by atoms with Crippen LogP contribution in [0.5, 0.6) is 23.0 Å². The van der Waals surface area contributed by atoms with E-state index in [1.807, 2.05) is 55.4 Å². The topological polar surface area (TPSA) is 117 Å². The van der Waals surface area contributed by atoms with Crippen LogP contribution in [0.15, 0.2) is 60.2 Å². The highest BCUT2D eigenvalue weighted by atomic mass is 32.1. The predicted molar refractivity (Wildman–Crippen MR) is 176 cm³/mol. The Morgan fingerprint density at radius 2 is 1.22 bits per heavy atom. The van der Waals surface area contributed by atoms with Crippen molar-refractivity contribution in [1.82, 2.24) is 8.75 Å². The molecule has 0 aliphatic rings. The molecule has 238 valence electrons. The molecule has 0 bridgehead atoms. The fourth-order valence-corrected chi connectivity index (χ4v) is 5.27. The lowest BCUT2D eigenvalue weighted by atomic mass is 9.89.